The van der Waals surface area contributed by atoms with E-state index in [-0.39, 0.29) is 6.04 Å². The molecule has 0 aromatic heterocycles. The van der Waals surface area contributed by atoms with Crippen molar-refractivity contribution in [2.75, 3.05) is 41.5 Å². The van der Waals surface area contributed by atoms with E-state index in [9.17, 15) is 4.79 Å². The summed E-state index contributed by atoms with van der Waals surface area (Å²) in [6, 6.07) is 13.3. The normalized spacial score (nSPS) is 16.0. The Labute approximate surface area is 171 Å². The molecule has 1 atom stereocenters. The van der Waals surface area contributed by atoms with Crippen molar-refractivity contribution in [1.29, 1.82) is 0 Å². The molecule has 1 amide bonds. The molecule has 0 radical (unpaired) electrons. The van der Waals surface area contributed by atoms with E-state index in [0.29, 0.717) is 24.5 Å². The van der Waals surface area contributed by atoms with Crippen LogP contribution in [0.2, 0.25) is 0 Å². The number of methoxy groups -OCH3 is 2. The zero-order chi connectivity index (χ0) is 20.8. The van der Waals surface area contributed by atoms with E-state index >= 15 is 0 Å². The second-order valence-electron chi connectivity index (χ2n) is 7.04. The van der Waals surface area contributed by atoms with Gasteiger partial charge in [0, 0.05) is 13.0 Å². The van der Waals surface area contributed by atoms with Gasteiger partial charge in [-0.25, -0.2) is 5.01 Å². The molecule has 0 aliphatic carbocycles. The minimum atomic E-state index is -0.186. The summed E-state index contributed by atoms with van der Waals surface area (Å²) in [4.78, 5) is 13.7. The first-order valence-corrected chi connectivity index (χ1v) is 9.46. The van der Waals surface area contributed by atoms with E-state index in [4.69, 9.17) is 14.2 Å². The smallest absolute Gasteiger partial charge is 0.230 e. The fraction of sp³-hybridized carbons (Fsp3) is 0.364. The molecule has 2 aromatic rings. The summed E-state index contributed by atoms with van der Waals surface area (Å²) >= 11 is 0. The summed E-state index contributed by atoms with van der Waals surface area (Å²) in [5, 5.41) is 5.96. The molecule has 3 rings (SSSR count). The molecule has 0 saturated heterocycles. The largest absolute Gasteiger partial charge is 0.497 e. The van der Waals surface area contributed by atoms with E-state index in [2.05, 4.69) is 10.0 Å². The van der Waals surface area contributed by atoms with Crippen LogP contribution in [0.15, 0.2) is 47.6 Å². The molecule has 7 heteroatoms. The van der Waals surface area contributed by atoms with Gasteiger partial charge in [0.15, 0.2) is 11.5 Å². The number of carbonyl (C=O) groups is 1. The maximum atomic E-state index is 11.6. The number of carbonyl (C=O) groups excluding carboxylic acids is 1. The lowest BCUT2D eigenvalue weighted by Crippen LogP contribution is -2.20. The number of hydrogen-bond acceptors (Lipinski definition) is 6. The molecule has 0 spiro atoms. The third-order valence-electron chi connectivity index (χ3n) is 4.84. The molecule has 1 aliphatic heterocycles. The number of rotatable bonds is 9. The molecule has 0 bridgehead atoms. The summed E-state index contributed by atoms with van der Waals surface area (Å²) in [7, 11) is 7.24. The molecule has 1 heterocycles. The van der Waals surface area contributed by atoms with Crippen molar-refractivity contribution >= 4 is 12.1 Å². The SMILES string of the molecule is COc1ccc(C2=NN(C=O)C(c3ccc(OCCN(C)C)c(OC)c3)C2)cc1. The third-order valence-corrected chi connectivity index (χ3v) is 4.84. The van der Waals surface area contributed by atoms with Crippen molar-refractivity contribution in [2.45, 2.75) is 12.5 Å². The Balaban J connectivity index is 1.78. The quantitative estimate of drug-likeness (QED) is 0.609. The number of hydrazone groups is 1. The van der Waals surface area contributed by atoms with Gasteiger partial charge in [0.25, 0.3) is 0 Å². The zero-order valence-corrected chi connectivity index (χ0v) is 17.3. The zero-order valence-electron chi connectivity index (χ0n) is 17.3. The highest BCUT2D eigenvalue weighted by Gasteiger charge is 2.29. The van der Waals surface area contributed by atoms with Crippen molar-refractivity contribution in [3.8, 4) is 17.2 Å². The Bertz CT molecular complexity index is 865. The fourth-order valence-electron chi connectivity index (χ4n) is 3.20. The van der Waals surface area contributed by atoms with Gasteiger partial charge in [0.2, 0.25) is 6.41 Å². The van der Waals surface area contributed by atoms with Crippen molar-refractivity contribution in [2.24, 2.45) is 5.10 Å². The molecule has 0 N–H and O–H groups in total. The lowest BCUT2D eigenvalue weighted by Gasteiger charge is -2.19. The number of nitrogens with zero attached hydrogens (tertiary/aromatic N) is 3. The maximum Gasteiger partial charge on any atom is 0.230 e. The van der Waals surface area contributed by atoms with E-state index in [1.165, 1.54) is 5.01 Å². The van der Waals surface area contributed by atoms with Gasteiger partial charge in [-0.05, 0) is 61.6 Å². The molecule has 29 heavy (non-hydrogen) atoms. The van der Waals surface area contributed by atoms with Crippen LogP contribution in [0.4, 0.5) is 0 Å². The average Bonchev–Trinajstić information content (AvgIpc) is 3.18. The van der Waals surface area contributed by atoms with Crippen molar-refractivity contribution in [3.63, 3.8) is 0 Å². The van der Waals surface area contributed by atoms with Gasteiger partial charge in [-0.15, -0.1) is 0 Å². The summed E-state index contributed by atoms with van der Waals surface area (Å²) in [5.41, 5.74) is 2.77. The highest BCUT2D eigenvalue weighted by Crippen LogP contribution is 2.36. The summed E-state index contributed by atoms with van der Waals surface area (Å²) < 4.78 is 16.6. The predicted molar refractivity (Wildman–Crippen MR) is 112 cm³/mol. The van der Waals surface area contributed by atoms with Gasteiger partial charge in [-0.3, -0.25) is 4.79 Å². The van der Waals surface area contributed by atoms with Crippen LogP contribution in [0.3, 0.4) is 0 Å². The Morgan fingerprint density at radius 2 is 1.86 bits per heavy atom. The fourth-order valence-corrected chi connectivity index (χ4v) is 3.20. The minimum absolute atomic E-state index is 0.186. The summed E-state index contributed by atoms with van der Waals surface area (Å²) in [5.74, 6) is 2.11. The molecule has 154 valence electrons. The molecular formula is C22H27N3O4. The van der Waals surface area contributed by atoms with Crippen LogP contribution < -0.4 is 14.2 Å². The Morgan fingerprint density at radius 3 is 2.48 bits per heavy atom. The second kappa shape index (κ2) is 9.43. The van der Waals surface area contributed by atoms with Gasteiger partial charge in [-0.1, -0.05) is 6.07 Å². The van der Waals surface area contributed by atoms with Crippen LogP contribution in [-0.2, 0) is 4.79 Å². The van der Waals surface area contributed by atoms with Crippen LogP contribution in [0.1, 0.15) is 23.6 Å². The van der Waals surface area contributed by atoms with Gasteiger partial charge >= 0.3 is 0 Å². The Morgan fingerprint density at radius 1 is 1.10 bits per heavy atom. The number of likely N-dealkylation sites (N-methyl/N-ethyl adjacent to an activating group) is 1. The standard InChI is InChI=1S/C22H27N3O4/c1-24(2)11-12-29-21-10-7-17(13-22(21)28-4)20-14-19(23-25(20)15-26)16-5-8-18(27-3)9-6-16/h5-10,13,15,20H,11-12,14H2,1-4H3. The van der Waals surface area contributed by atoms with Crippen LogP contribution in [0, 0.1) is 0 Å². The highest BCUT2D eigenvalue weighted by atomic mass is 16.5. The average molecular weight is 397 g/mol. The monoisotopic (exact) mass is 397 g/mol. The summed E-state index contributed by atoms with van der Waals surface area (Å²) in [6.45, 7) is 1.38. The summed E-state index contributed by atoms with van der Waals surface area (Å²) in [6.07, 6.45) is 1.38. The van der Waals surface area contributed by atoms with Crippen molar-refractivity contribution < 1.29 is 19.0 Å². The lowest BCUT2D eigenvalue weighted by atomic mass is 9.98. The lowest BCUT2D eigenvalue weighted by molar-refractivity contribution is -0.119. The van der Waals surface area contributed by atoms with E-state index in [1.54, 1.807) is 14.2 Å². The van der Waals surface area contributed by atoms with Gasteiger partial charge in [-0.2, -0.15) is 5.10 Å². The van der Waals surface area contributed by atoms with Gasteiger partial charge in [0.05, 0.1) is 26.0 Å². The molecule has 0 fully saturated rings. The number of benzene rings is 2. The van der Waals surface area contributed by atoms with Crippen LogP contribution in [-0.4, -0.2) is 63.5 Å². The second-order valence-corrected chi connectivity index (χ2v) is 7.04. The highest BCUT2D eigenvalue weighted by molar-refractivity contribution is 6.02. The molecule has 7 nitrogen and oxygen atoms in total. The van der Waals surface area contributed by atoms with Crippen molar-refractivity contribution in [1.82, 2.24) is 9.91 Å². The molecule has 1 unspecified atom stereocenters. The maximum absolute atomic E-state index is 11.6. The topological polar surface area (TPSA) is 63.6 Å². The van der Waals surface area contributed by atoms with Gasteiger partial charge in [0.1, 0.15) is 12.4 Å². The van der Waals surface area contributed by atoms with Crippen LogP contribution >= 0.6 is 0 Å². The third kappa shape index (κ3) is 4.86. The van der Waals surface area contributed by atoms with Crippen LogP contribution in [0.25, 0.3) is 0 Å². The molecule has 2 aromatic carbocycles. The Kier molecular flexibility index (Phi) is 6.72. The van der Waals surface area contributed by atoms with Crippen molar-refractivity contribution in [3.05, 3.63) is 53.6 Å². The first-order chi connectivity index (χ1) is 14.0. The number of ether oxygens (including phenoxy) is 3. The number of amides is 1. The van der Waals surface area contributed by atoms with Gasteiger partial charge < -0.3 is 19.1 Å². The Hall–Kier alpha value is -3.06. The molecule has 0 saturated carbocycles. The van der Waals surface area contributed by atoms with E-state index < -0.39 is 0 Å². The van der Waals surface area contributed by atoms with Crippen LogP contribution in [0.5, 0.6) is 17.2 Å². The number of hydrogen-bond donors (Lipinski definition) is 0. The minimum Gasteiger partial charge on any atom is -0.497 e. The first-order valence-electron chi connectivity index (χ1n) is 9.46. The van der Waals surface area contributed by atoms with E-state index in [0.717, 1.165) is 35.5 Å². The first kappa shape index (κ1) is 20.7. The molecular weight excluding hydrogens is 370 g/mol. The molecule has 1 aliphatic rings. The van der Waals surface area contributed by atoms with E-state index in [1.807, 2.05) is 56.6 Å². The predicted octanol–water partition coefficient (Wildman–Crippen LogP) is 2.95.